The third-order valence-corrected chi connectivity index (χ3v) is 4.85. The number of rotatable bonds is 0. The van der Waals surface area contributed by atoms with E-state index < -0.39 is 20.6 Å². The second-order valence-corrected chi connectivity index (χ2v) is 6.35. The van der Waals surface area contributed by atoms with Crippen molar-refractivity contribution < 1.29 is 12.6 Å². The molecule has 1 atom stereocenters. The van der Waals surface area contributed by atoms with Crippen LogP contribution in [0, 0.1) is 0 Å². The van der Waals surface area contributed by atoms with Crippen molar-refractivity contribution in [3.63, 3.8) is 0 Å². The van der Waals surface area contributed by atoms with E-state index in [0.29, 0.717) is 17.9 Å². The quantitative estimate of drug-likeness (QED) is 0.510. The van der Waals surface area contributed by atoms with Gasteiger partial charge in [0.1, 0.15) is 0 Å². The lowest BCUT2D eigenvalue weighted by atomic mass is 10.6. The topological polar surface area (TPSA) is 51.2 Å². The van der Waals surface area contributed by atoms with E-state index in [2.05, 4.69) is 0 Å². The Morgan fingerprint density at radius 2 is 1.80 bits per heavy atom. The van der Waals surface area contributed by atoms with E-state index >= 15 is 0 Å². The van der Waals surface area contributed by atoms with Crippen LogP contribution in [0.15, 0.2) is 0 Å². The summed E-state index contributed by atoms with van der Waals surface area (Å²) in [5.74, 6) is 1.22. The number of hydrogen-bond acceptors (Lipinski definition) is 3. The molecule has 3 nitrogen and oxygen atoms in total. The predicted molar refractivity (Wildman–Crippen MR) is 41.1 cm³/mol. The van der Waals surface area contributed by atoms with Crippen LogP contribution >= 0.6 is 0 Å². The van der Waals surface area contributed by atoms with Gasteiger partial charge in [0.25, 0.3) is 0 Å². The molecule has 0 bridgehead atoms. The van der Waals surface area contributed by atoms with E-state index in [9.17, 15) is 12.6 Å². The third kappa shape index (κ3) is 2.38. The molecule has 1 heterocycles. The maximum Gasteiger partial charge on any atom is 0.151 e. The van der Waals surface area contributed by atoms with Gasteiger partial charge in [-0.15, -0.1) is 0 Å². The van der Waals surface area contributed by atoms with Crippen molar-refractivity contribution in [3.8, 4) is 0 Å². The van der Waals surface area contributed by atoms with E-state index in [1.807, 2.05) is 0 Å². The Kier molecular flexibility index (Phi) is 2.46. The summed E-state index contributed by atoms with van der Waals surface area (Å²) in [5.41, 5.74) is 0. The first-order valence-electron chi connectivity index (χ1n) is 3.15. The van der Waals surface area contributed by atoms with Gasteiger partial charge in [-0.25, -0.2) is 8.42 Å². The summed E-state index contributed by atoms with van der Waals surface area (Å²) in [6.07, 6.45) is 0.564. The van der Waals surface area contributed by atoms with Gasteiger partial charge in [-0.1, -0.05) is 0 Å². The fourth-order valence-electron chi connectivity index (χ4n) is 0.864. The number of sulfone groups is 1. The van der Waals surface area contributed by atoms with Crippen molar-refractivity contribution in [2.75, 3.05) is 23.0 Å². The van der Waals surface area contributed by atoms with Crippen molar-refractivity contribution in [3.05, 3.63) is 0 Å². The van der Waals surface area contributed by atoms with Crippen LogP contribution in [0.3, 0.4) is 0 Å². The molecular weight excluding hydrogens is 172 g/mol. The lowest BCUT2D eigenvalue weighted by molar-refractivity contribution is 0.597. The monoisotopic (exact) mass is 182 g/mol. The second kappa shape index (κ2) is 3.00. The highest BCUT2D eigenvalue weighted by molar-refractivity contribution is 7.93. The molecule has 1 rings (SSSR count). The van der Waals surface area contributed by atoms with Crippen molar-refractivity contribution >= 4 is 20.6 Å². The maximum atomic E-state index is 10.9. The fourth-order valence-corrected chi connectivity index (χ4v) is 4.26. The fraction of sp³-hybridized carbons (Fsp3) is 1.00. The van der Waals surface area contributed by atoms with Crippen LogP contribution in [-0.2, 0) is 20.6 Å². The molecule has 0 aromatic rings. The van der Waals surface area contributed by atoms with Gasteiger partial charge in [-0.05, 0) is 6.42 Å². The highest BCUT2D eigenvalue weighted by atomic mass is 32.2. The summed E-state index contributed by atoms with van der Waals surface area (Å²) in [7, 11) is -3.73. The summed E-state index contributed by atoms with van der Waals surface area (Å²) in [6.45, 7) is 0. The van der Waals surface area contributed by atoms with Crippen LogP contribution in [0.25, 0.3) is 0 Å². The van der Waals surface area contributed by atoms with E-state index in [1.165, 1.54) is 0 Å². The van der Waals surface area contributed by atoms with Gasteiger partial charge in [0.15, 0.2) is 9.84 Å². The van der Waals surface area contributed by atoms with Crippen LogP contribution in [-0.4, -0.2) is 35.6 Å². The Morgan fingerprint density at radius 3 is 2.50 bits per heavy atom. The van der Waals surface area contributed by atoms with E-state index in [1.54, 1.807) is 0 Å². The lowest BCUT2D eigenvalue weighted by Gasteiger charge is -1.93. The first kappa shape index (κ1) is 8.20. The van der Waals surface area contributed by atoms with Gasteiger partial charge in [-0.2, -0.15) is 0 Å². The van der Waals surface area contributed by atoms with Gasteiger partial charge < -0.3 is 0 Å². The zero-order chi connectivity index (χ0) is 7.61. The molecule has 0 radical (unpaired) electrons. The van der Waals surface area contributed by atoms with Gasteiger partial charge >= 0.3 is 0 Å². The average molecular weight is 182 g/mol. The van der Waals surface area contributed by atoms with E-state index in [0.717, 1.165) is 0 Å². The molecular formula is C5H10O3S2. The zero-order valence-corrected chi connectivity index (χ0v) is 7.21. The van der Waals surface area contributed by atoms with Gasteiger partial charge in [0, 0.05) is 22.3 Å². The van der Waals surface area contributed by atoms with Gasteiger partial charge in [0.2, 0.25) is 0 Å². The van der Waals surface area contributed by atoms with Crippen molar-refractivity contribution in [1.82, 2.24) is 0 Å². The molecule has 1 aliphatic heterocycles. The largest absolute Gasteiger partial charge is 0.260 e. The molecule has 0 saturated carbocycles. The zero-order valence-electron chi connectivity index (χ0n) is 5.58. The van der Waals surface area contributed by atoms with Crippen LogP contribution < -0.4 is 0 Å². The normalized spacial score (nSPS) is 33.0. The molecule has 60 valence electrons. The average Bonchev–Trinajstić information content (AvgIpc) is 1.94. The summed E-state index contributed by atoms with van der Waals surface area (Å²) in [6, 6.07) is 0. The highest BCUT2D eigenvalue weighted by Gasteiger charge is 2.17. The molecule has 0 aliphatic carbocycles. The Labute approximate surface area is 63.2 Å². The van der Waals surface area contributed by atoms with Crippen molar-refractivity contribution in [1.29, 1.82) is 0 Å². The minimum Gasteiger partial charge on any atom is -0.260 e. The van der Waals surface area contributed by atoms with Gasteiger partial charge in [0.05, 0.1) is 11.5 Å². The smallest absolute Gasteiger partial charge is 0.151 e. The predicted octanol–water partition coefficient (Wildman–Crippen LogP) is -0.446. The van der Waals surface area contributed by atoms with Crippen LogP contribution in [0.2, 0.25) is 0 Å². The Bertz CT molecular complexity index is 229. The molecule has 5 heteroatoms. The summed E-state index contributed by atoms with van der Waals surface area (Å²) in [5, 5.41) is 0. The molecule has 1 aliphatic rings. The standard InChI is InChI=1S/C5H10O3S2/c6-9-2-1-4-10(7,8)5-3-9/h1-5H2. The molecule has 0 aromatic heterocycles. The van der Waals surface area contributed by atoms with Crippen LogP contribution in [0.4, 0.5) is 0 Å². The third-order valence-electron chi connectivity index (χ3n) is 1.45. The molecule has 0 amide bonds. The molecule has 0 N–H and O–H groups in total. The molecule has 1 fully saturated rings. The van der Waals surface area contributed by atoms with Gasteiger partial charge in [-0.3, -0.25) is 4.21 Å². The first-order chi connectivity index (χ1) is 4.60. The van der Waals surface area contributed by atoms with Crippen LogP contribution in [0.5, 0.6) is 0 Å². The van der Waals surface area contributed by atoms with Crippen LogP contribution in [0.1, 0.15) is 6.42 Å². The minimum absolute atomic E-state index is 0.111. The highest BCUT2D eigenvalue weighted by Crippen LogP contribution is 2.02. The lowest BCUT2D eigenvalue weighted by Crippen LogP contribution is -2.11. The second-order valence-electron chi connectivity index (χ2n) is 2.35. The first-order valence-corrected chi connectivity index (χ1v) is 6.46. The molecule has 10 heavy (non-hydrogen) atoms. The maximum absolute atomic E-state index is 10.9. The Balaban J connectivity index is 2.66. The Hall–Kier alpha value is 0.1000. The Morgan fingerprint density at radius 1 is 1.10 bits per heavy atom. The van der Waals surface area contributed by atoms with Crippen molar-refractivity contribution in [2.24, 2.45) is 0 Å². The van der Waals surface area contributed by atoms with E-state index in [4.69, 9.17) is 0 Å². The van der Waals surface area contributed by atoms with Crippen molar-refractivity contribution in [2.45, 2.75) is 6.42 Å². The molecule has 0 spiro atoms. The minimum atomic E-state index is -2.85. The summed E-state index contributed by atoms with van der Waals surface area (Å²) >= 11 is 0. The molecule has 0 aromatic carbocycles. The summed E-state index contributed by atoms with van der Waals surface area (Å²) < 4.78 is 32.6. The summed E-state index contributed by atoms with van der Waals surface area (Å²) in [4.78, 5) is 0. The molecule has 1 unspecified atom stereocenters. The molecule has 1 saturated heterocycles. The SMILES string of the molecule is O=S1CCCS(=O)(=O)CC1. The van der Waals surface area contributed by atoms with E-state index in [-0.39, 0.29) is 11.5 Å². The number of hydrogen-bond donors (Lipinski definition) is 0.